The van der Waals surface area contributed by atoms with Crippen molar-refractivity contribution in [1.82, 2.24) is 9.78 Å². The Kier molecular flexibility index (Phi) is 4.02. The summed E-state index contributed by atoms with van der Waals surface area (Å²) in [7, 11) is 1.45. The number of nitrogens with zero attached hydrogens (tertiary/aromatic N) is 2. The van der Waals surface area contributed by atoms with Crippen molar-refractivity contribution < 1.29 is 22.7 Å². The number of benzene rings is 1. The van der Waals surface area contributed by atoms with Gasteiger partial charge >= 0.3 is 6.18 Å². The van der Waals surface area contributed by atoms with E-state index in [1.165, 1.54) is 14.0 Å². The molecule has 1 aromatic carbocycles. The van der Waals surface area contributed by atoms with E-state index >= 15 is 0 Å². The molecule has 0 amide bonds. The predicted octanol–water partition coefficient (Wildman–Crippen LogP) is 3.16. The maximum atomic E-state index is 12.5. The van der Waals surface area contributed by atoms with Gasteiger partial charge in [-0.25, -0.2) is 0 Å². The number of methoxy groups -OCH3 is 1. The minimum atomic E-state index is -4.43. The van der Waals surface area contributed by atoms with E-state index in [-0.39, 0.29) is 12.3 Å². The van der Waals surface area contributed by atoms with Crippen molar-refractivity contribution >= 4 is 5.78 Å². The number of hydrogen-bond acceptors (Lipinski definition) is 3. The number of ether oxygens (including phenoxy) is 1. The number of Topliss-reactive ketones (excluding diaryl/α,β-unsaturated/α-hetero) is 1. The number of hydrogen-bond donors (Lipinski definition) is 0. The number of ketones is 1. The van der Waals surface area contributed by atoms with E-state index in [0.29, 0.717) is 16.9 Å². The Bertz CT molecular complexity index is 662. The van der Waals surface area contributed by atoms with Crippen LogP contribution in [0.5, 0.6) is 5.75 Å². The highest BCUT2D eigenvalue weighted by Gasteiger charge is 2.32. The Morgan fingerprint density at radius 3 is 2.62 bits per heavy atom. The molecule has 1 heterocycles. The van der Waals surface area contributed by atoms with Crippen molar-refractivity contribution in [3.63, 3.8) is 0 Å². The predicted molar refractivity (Wildman–Crippen MR) is 69.3 cm³/mol. The quantitative estimate of drug-likeness (QED) is 0.814. The summed E-state index contributed by atoms with van der Waals surface area (Å²) in [5.74, 6) is 0.361. The largest absolute Gasteiger partial charge is 0.496 e. The van der Waals surface area contributed by atoms with Crippen LogP contribution >= 0.6 is 0 Å². The van der Waals surface area contributed by atoms with Crippen LogP contribution in [0.1, 0.15) is 28.4 Å². The highest BCUT2D eigenvalue weighted by Crippen LogP contribution is 2.29. The van der Waals surface area contributed by atoms with E-state index < -0.39 is 11.7 Å². The van der Waals surface area contributed by atoms with Crippen LogP contribution in [-0.4, -0.2) is 22.7 Å². The van der Waals surface area contributed by atoms with Gasteiger partial charge in [-0.3, -0.25) is 9.48 Å². The third-order valence-corrected chi connectivity index (χ3v) is 2.98. The van der Waals surface area contributed by atoms with Gasteiger partial charge in [0.05, 0.1) is 25.4 Å². The molecule has 0 saturated carbocycles. The van der Waals surface area contributed by atoms with Gasteiger partial charge in [0, 0.05) is 17.3 Å². The summed E-state index contributed by atoms with van der Waals surface area (Å²) < 4.78 is 43.9. The first kappa shape index (κ1) is 15.1. The van der Waals surface area contributed by atoms with Gasteiger partial charge in [0.25, 0.3) is 0 Å². The first-order valence-electron chi connectivity index (χ1n) is 6.09. The number of rotatable bonds is 4. The van der Waals surface area contributed by atoms with Crippen molar-refractivity contribution in [2.24, 2.45) is 0 Å². The average Bonchev–Trinajstić information content (AvgIpc) is 2.87. The summed E-state index contributed by atoms with van der Waals surface area (Å²) >= 11 is 0. The fourth-order valence-electron chi connectivity index (χ4n) is 1.89. The van der Waals surface area contributed by atoms with Gasteiger partial charge in [0.1, 0.15) is 5.75 Å². The lowest BCUT2D eigenvalue weighted by Crippen LogP contribution is -2.05. The van der Waals surface area contributed by atoms with Gasteiger partial charge in [0.2, 0.25) is 0 Å². The van der Waals surface area contributed by atoms with Crippen LogP contribution < -0.4 is 4.74 Å². The molecule has 0 unspecified atom stereocenters. The van der Waals surface area contributed by atoms with E-state index in [1.54, 1.807) is 18.2 Å². The molecule has 0 fully saturated rings. The Morgan fingerprint density at radius 1 is 1.38 bits per heavy atom. The monoisotopic (exact) mass is 298 g/mol. The lowest BCUT2D eigenvalue weighted by Gasteiger charge is -2.10. The summed E-state index contributed by atoms with van der Waals surface area (Å²) in [5.41, 5.74) is 0.236. The summed E-state index contributed by atoms with van der Waals surface area (Å²) in [6, 6.07) is 4.81. The molecular weight excluding hydrogens is 285 g/mol. The van der Waals surface area contributed by atoms with Crippen LogP contribution in [-0.2, 0) is 12.7 Å². The van der Waals surface area contributed by atoms with Crippen molar-refractivity contribution in [1.29, 1.82) is 0 Å². The molecule has 0 bridgehead atoms. The van der Waals surface area contributed by atoms with Crippen LogP contribution in [0, 0.1) is 0 Å². The molecule has 0 saturated heterocycles. The lowest BCUT2D eigenvalue weighted by atomic mass is 10.1. The van der Waals surface area contributed by atoms with Crippen LogP contribution in [0.15, 0.2) is 30.6 Å². The summed E-state index contributed by atoms with van der Waals surface area (Å²) in [6.07, 6.45) is -2.75. The number of carbonyl (C=O) groups is 1. The van der Waals surface area contributed by atoms with Crippen LogP contribution in [0.3, 0.4) is 0 Å². The number of carbonyl (C=O) groups excluding carboxylic acids is 1. The summed E-state index contributed by atoms with van der Waals surface area (Å²) in [4.78, 5) is 11.4. The van der Waals surface area contributed by atoms with E-state index in [1.807, 2.05) is 0 Å². The number of aromatic nitrogens is 2. The third kappa shape index (κ3) is 3.42. The molecule has 0 radical (unpaired) electrons. The molecule has 112 valence electrons. The SMILES string of the molecule is COc1ccc(C(C)=O)cc1Cn1cc(C(F)(F)F)cn1. The van der Waals surface area contributed by atoms with Crippen molar-refractivity contribution in [3.8, 4) is 5.75 Å². The van der Waals surface area contributed by atoms with E-state index in [9.17, 15) is 18.0 Å². The van der Waals surface area contributed by atoms with E-state index in [4.69, 9.17) is 4.74 Å². The van der Waals surface area contributed by atoms with Gasteiger partial charge in [-0.15, -0.1) is 0 Å². The Hall–Kier alpha value is -2.31. The maximum Gasteiger partial charge on any atom is 0.419 e. The van der Waals surface area contributed by atoms with Crippen molar-refractivity contribution in [2.45, 2.75) is 19.6 Å². The maximum absolute atomic E-state index is 12.5. The molecule has 0 N–H and O–H groups in total. The van der Waals surface area contributed by atoms with E-state index in [0.717, 1.165) is 17.1 Å². The first-order valence-corrected chi connectivity index (χ1v) is 6.09. The second kappa shape index (κ2) is 5.59. The Labute approximate surface area is 119 Å². The number of halogens is 3. The van der Waals surface area contributed by atoms with Gasteiger partial charge < -0.3 is 4.74 Å². The normalized spacial score (nSPS) is 11.5. The molecule has 2 rings (SSSR count). The van der Waals surface area contributed by atoms with Gasteiger partial charge in [-0.1, -0.05) is 0 Å². The van der Waals surface area contributed by atoms with Gasteiger partial charge in [0.15, 0.2) is 5.78 Å². The average molecular weight is 298 g/mol. The lowest BCUT2D eigenvalue weighted by molar-refractivity contribution is -0.137. The second-order valence-corrected chi connectivity index (χ2v) is 4.51. The Balaban J connectivity index is 2.32. The minimum Gasteiger partial charge on any atom is -0.496 e. The Morgan fingerprint density at radius 2 is 2.10 bits per heavy atom. The zero-order valence-electron chi connectivity index (χ0n) is 11.4. The van der Waals surface area contributed by atoms with Gasteiger partial charge in [-0.05, 0) is 25.1 Å². The molecule has 0 aliphatic heterocycles. The number of alkyl halides is 3. The second-order valence-electron chi connectivity index (χ2n) is 4.51. The third-order valence-electron chi connectivity index (χ3n) is 2.98. The fourth-order valence-corrected chi connectivity index (χ4v) is 1.89. The highest BCUT2D eigenvalue weighted by molar-refractivity contribution is 5.94. The van der Waals surface area contributed by atoms with Crippen LogP contribution in [0.2, 0.25) is 0 Å². The molecule has 4 nitrogen and oxygen atoms in total. The molecule has 2 aromatic rings. The molecule has 7 heteroatoms. The molecule has 0 aliphatic rings. The molecule has 0 aliphatic carbocycles. The van der Waals surface area contributed by atoms with Crippen LogP contribution in [0.4, 0.5) is 13.2 Å². The zero-order chi connectivity index (χ0) is 15.6. The fraction of sp³-hybridized carbons (Fsp3) is 0.286. The topological polar surface area (TPSA) is 44.1 Å². The van der Waals surface area contributed by atoms with Gasteiger partial charge in [-0.2, -0.15) is 18.3 Å². The molecule has 0 atom stereocenters. The van der Waals surface area contributed by atoms with E-state index in [2.05, 4.69) is 5.10 Å². The summed E-state index contributed by atoms with van der Waals surface area (Å²) in [5, 5.41) is 3.68. The highest BCUT2D eigenvalue weighted by atomic mass is 19.4. The molecule has 1 aromatic heterocycles. The smallest absolute Gasteiger partial charge is 0.419 e. The molecular formula is C14H13F3N2O2. The van der Waals surface area contributed by atoms with Crippen molar-refractivity contribution in [3.05, 3.63) is 47.3 Å². The van der Waals surface area contributed by atoms with Crippen molar-refractivity contribution in [2.75, 3.05) is 7.11 Å². The first-order chi connectivity index (χ1) is 9.81. The standard InChI is InChI=1S/C14H13F3N2O2/c1-9(20)10-3-4-13(21-2)11(5-10)7-19-8-12(6-18-19)14(15,16)17/h3-6,8H,7H2,1-2H3. The zero-order valence-corrected chi connectivity index (χ0v) is 11.4. The van der Waals surface area contributed by atoms with Crippen LogP contribution in [0.25, 0.3) is 0 Å². The molecule has 0 spiro atoms. The summed E-state index contributed by atoms with van der Waals surface area (Å²) in [6.45, 7) is 1.50. The molecule has 21 heavy (non-hydrogen) atoms. The minimum absolute atomic E-state index is 0.0837.